The van der Waals surface area contributed by atoms with Crippen molar-refractivity contribution in [2.45, 2.75) is 309 Å². The number of aliphatic hydroxyl groups is 3. The number of nitrogens with one attached hydrogen (secondary N) is 3. The molecule has 0 radical (unpaired) electrons. The van der Waals surface area contributed by atoms with Gasteiger partial charge in [0.05, 0.1) is 75.6 Å². The highest BCUT2D eigenvalue weighted by Crippen LogP contribution is 2.54. The molecule has 6 fully saturated rings. The van der Waals surface area contributed by atoms with E-state index in [0.29, 0.717) is 51.4 Å². The highest BCUT2D eigenvalue weighted by atomic mass is 35.5. The summed E-state index contributed by atoms with van der Waals surface area (Å²) in [5.41, 5.74) is 1.90. The maximum absolute atomic E-state index is 14.0. The molecule has 6 saturated heterocycles. The molecule has 0 aromatic heterocycles. The van der Waals surface area contributed by atoms with Crippen LogP contribution in [0.25, 0.3) is 0 Å². The summed E-state index contributed by atoms with van der Waals surface area (Å²) in [5.74, 6) is -4.74. The zero-order valence-corrected chi connectivity index (χ0v) is 87.5. The van der Waals surface area contributed by atoms with Crippen molar-refractivity contribution >= 4 is 105 Å². The smallest absolute Gasteiger partial charge is 0.409 e. The molecule has 35 heteroatoms. The molecule has 139 heavy (non-hydrogen) atoms. The Labute approximate surface area is 832 Å². The second kappa shape index (κ2) is 44.9. The average Bonchev–Trinajstić information content (AvgIpc) is 1.58. The van der Waals surface area contributed by atoms with Crippen molar-refractivity contribution in [3.63, 3.8) is 0 Å². The molecule has 0 unspecified atom stereocenters. The van der Waals surface area contributed by atoms with Crippen molar-refractivity contribution in [3.05, 3.63) is 181 Å². The first-order valence-corrected chi connectivity index (χ1v) is 48.3. The number of carbonyl (C=O) groups excluding carboxylic acids is 9. The van der Waals surface area contributed by atoms with Crippen LogP contribution in [0.2, 0.25) is 15.1 Å². The average molecular weight is 2000 g/mol. The van der Waals surface area contributed by atoms with Gasteiger partial charge in [0, 0.05) is 106 Å². The number of esters is 3. The summed E-state index contributed by atoms with van der Waals surface area (Å²) < 4.78 is 71.6. The Morgan fingerprint density at radius 3 is 1.04 bits per heavy atom. The largest absolute Gasteiger partial charge is 0.476 e. The molecular weight excluding hydrogens is 1850 g/mol. The number of likely N-dealkylation sites (N-methyl/N-ethyl adjacent to an activating group) is 2. The van der Waals surface area contributed by atoms with Gasteiger partial charge < -0.3 is 107 Å². The van der Waals surface area contributed by atoms with Gasteiger partial charge in [-0.1, -0.05) is 173 Å². The third-order valence-corrected chi connectivity index (χ3v) is 29.9. The number of methoxy groups -OCH3 is 3. The van der Waals surface area contributed by atoms with E-state index in [0.717, 1.165) is 50.1 Å². The van der Waals surface area contributed by atoms with Gasteiger partial charge in [0.2, 0.25) is 29.5 Å². The lowest BCUT2D eigenvalue weighted by Crippen LogP contribution is -2.63. The van der Waals surface area contributed by atoms with Crippen LogP contribution in [0.4, 0.5) is 21.9 Å². The van der Waals surface area contributed by atoms with Gasteiger partial charge in [0.1, 0.15) is 83.8 Å². The fourth-order valence-corrected chi connectivity index (χ4v) is 19.8. The number of fused-ring (bicyclic) bond motifs is 15. The molecule has 9 heterocycles. The molecule has 0 aliphatic carbocycles. The minimum Gasteiger partial charge on any atom is -0.476 e. The summed E-state index contributed by atoms with van der Waals surface area (Å²) in [6.07, 6.45) is 8.34. The Morgan fingerprint density at radius 1 is 0.460 bits per heavy atom. The van der Waals surface area contributed by atoms with Gasteiger partial charge >= 0.3 is 24.0 Å². The fraction of sp³-hybridized carbons (Fsp3) is 0.587. The van der Waals surface area contributed by atoms with E-state index in [2.05, 4.69) is 29.1 Å². The first-order chi connectivity index (χ1) is 64.8. The third-order valence-electron chi connectivity index (χ3n) is 28.4. The molecule has 32 nitrogen and oxygen atoms in total. The van der Waals surface area contributed by atoms with Crippen LogP contribution < -0.4 is 30.7 Å². The van der Waals surface area contributed by atoms with Gasteiger partial charge in [-0.2, -0.15) is 0 Å². The normalized spacial score (nSPS) is 33.9. The second-order valence-corrected chi connectivity index (χ2v) is 41.2. The Bertz CT molecular complexity index is 5350. The quantitative estimate of drug-likeness (QED) is 0.0557. The summed E-state index contributed by atoms with van der Waals surface area (Å²) in [6.45, 7) is 42.0. The first kappa shape index (κ1) is 111. The number of hydrogen-bond acceptors (Lipinski definition) is 26. The summed E-state index contributed by atoms with van der Waals surface area (Å²) in [4.78, 5) is 126. The Morgan fingerprint density at radius 2 is 0.748 bits per heavy atom. The number of benzene rings is 3. The van der Waals surface area contributed by atoms with Crippen molar-refractivity contribution in [1.82, 2.24) is 25.8 Å². The van der Waals surface area contributed by atoms with E-state index in [1.165, 1.54) is 66.8 Å². The lowest BCUT2D eigenvalue weighted by molar-refractivity contribution is -0.162. The first-order valence-electron chi connectivity index (χ1n) is 47.2. The van der Waals surface area contributed by atoms with E-state index in [4.69, 9.17) is 91.6 Å². The van der Waals surface area contributed by atoms with Crippen LogP contribution in [-0.2, 0) is 114 Å². The van der Waals surface area contributed by atoms with Gasteiger partial charge in [-0.15, -0.1) is 0 Å². The van der Waals surface area contributed by atoms with E-state index in [1.807, 2.05) is 136 Å². The van der Waals surface area contributed by atoms with Crippen LogP contribution in [0.15, 0.2) is 133 Å². The molecule has 9 aliphatic heterocycles. The number of amides is 6. The van der Waals surface area contributed by atoms with Crippen molar-refractivity contribution in [1.29, 1.82) is 0 Å². The topological polar surface area (TPSA) is 387 Å². The van der Waals surface area contributed by atoms with Crippen molar-refractivity contribution in [3.8, 4) is 0 Å². The van der Waals surface area contributed by atoms with Crippen molar-refractivity contribution < 1.29 is 115 Å². The number of anilines is 3. The number of rotatable bonds is 12. The Hall–Kier alpha value is -9.68. The van der Waals surface area contributed by atoms with E-state index < -0.39 is 155 Å². The fourth-order valence-electron chi connectivity index (χ4n) is 19.1. The number of halogens is 3. The molecule has 6 N–H and O–H groups in total. The van der Waals surface area contributed by atoms with Gasteiger partial charge in [0.15, 0.2) is 28.9 Å². The molecule has 3 aromatic carbocycles. The van der Waals surface area contributed by atoms with Crippen LogP contribution >= 0.6 is 34.8 Å². The number of nitrogens with zero attached hydrogens (tertiary/aromatic N) is 5. The zero-order chi connectivity index (χ0) is 103. The van der Waals surface area contributed by atoms with E-state index in [1.54, 1.807) is 101 Å². The van der Waals surface area contributed by atoms with Crippen molar-refractivity contribution in [2.75, 3.05) is 71.3 Å². The van der Waals surface area contributed by atoms with Crippen LogP contribution in [-0.4, -0.2) is 255 Å². The van der Waals surface area contributed by atoms with E-state index in [-0.39, 0.29) is 97.6 Å². The molecular formula is C104H143Cl3N8O24. The SMILES string of the molecule is C=C1N[C@]2(O)C[C@H](O1)[C@@H](C)[C@@H]1O[C@@]1(C)[C@@H](OC(=O)C(C)C)CC(=O)N(C)c1cc(cc(C)c1Cl)C/C(C)=C/C=C/[C@H]2OC.C=C1N[C@]2(O)C[C@H](O1)[C@@H](C)[C@@H]1O[C@@]1(C)[C@@H](OC(=O)[C@H](C)N(C)C(C)=O)CC(=O)N(C)c1cc(cc(C)c1Cl)C/C(C)=C/C=C/[C@H]2OC.CO[C@@H]1/C=C/C=C(\C)Cc2cc(C)c(Cl)c(c2)N(C)C(=O)C[C@H](OC(=O)[C@H](C)N(C)C(=O)C(C)C)[C@]2(C)O[C@H]2[C@H](C)[C@@H]2C[C@@]1(O)NC(=O)O2. The lowest BCUT2D eigenvalue weighted by Gasteiger charge is -2.44. The molecule has 12 rings (SSSR count). The molecule has 9 aliphatic rings. The van der Waals surface area contributed by atoms with Gasteiger partial charge in [-0.25, -0.2) is 14.4 Å². The summed E-state index contributed by atoms with van der Waals surface area (Å²) in [6, 6.07) is 9.75. The van der Waals surface area contributed by atoms with Crippen molar-refractivity contribution in [2.24, 2.45) is 29.6 Å². The van der Waals surface area contributed by atoms with Crippen LogP contribution in [0.5, 0.6) is 0 Å². The lowest BCUT2D eigenvalue weighted by atomic mass is 9.83. The Kier molecular flexibility index (Phi) is 35.9. The standard InChI is InChI=1S/C36H50ClN3O9.C35H48ClN3O8.C33H45ClN2O7/c1-19(2)32(42)39(8)23(6)33(43)48-28-17-29(41)40(9)25-16-24(15-21(4)30(25)37)14-20(3)12-11-13-27(46-10)36(45)18-26(47-34(44)38-36)22(5)31-35(28,7)49-31;1-19-12-11-13-28(44-10)35(43)18-27(45-23(5)37-35)21(3)32-34(7,47-32)29(46-33(42)22(4)38(8)24(6)40)17-30(41)39(9)26-16-25(14-19)15-20(2)31(26)36;1-18(2)31(38)42-27-16-28(37)36(8)24-15-23(14-20(4)29(24)34)13-19(3)11-10-12-26(40-9)33(39)17-25(41-22(6)35-33)21(5)30-32(27,7)43-30/h11-13,15-16,19,22-23,26-28,31,45H,14,17-18H2,1-10H3,(H,38,44);11-13,15-16,21-22,27-29,32,37,43H,5,14,17-18H2,1-4,6-10H3;10-12,14-15,18,21,25-27,30,35,39H,6,13,16-17H2,1-5,7-9H3/b13-11+,20-12+;13-11+,19-12+;12-10+,19-11+/t22-,23+,26+,27-,28+,31+,35+,36+;21-,22+,27+,28-,29+,32+,34+,35+;21-,25+,26-,27+,30+,32+,33+/m111/s1. The molecule has 764 valence electrons. The minimum atomic E-state index is -1.80. The predicted molar refractivity (Wildman–Crippen MR) is 528 cm³/mol. The number of hydrogen-bond donors (Lipinski definition) is 6. The Balaban J connectivity index is 0.000000215. The molecule has 12 bridgehead atoms. The number of carbonyl (C=O) groups is 9. The number of epoxide rings is 3. The van der Waals surface area contributed by atoms with E-state index in [9.17, 15) is 58.5 Å². The van der Waals surface area contributed by atoms with E-state index >= 15 is 0 Å². The molecule has 0 saturated carbocycles. The monoisotopic (exact) mass is 1990 g/mol. The van der Waals surface area contributed by atoms with Crippen LogP contribution in [0.1, 0.15) is 183 Å². The maximum atomic E-state index is 14.0. The number of allylic oxidation sites excluding steroid dienone is 9. The predicted octanol–water partition coefficient (Wildman–Crippen LogP) is 13.6. The minimum absolute atomic E-state index is 0.0315. The van der Waals surface area contributed by atoms with Gasteiger partial charge in [0.25, 0.3) is 0 Å². The summed E-state index contributed by atoms with van der Waals surface area (Å²) in [5, 5.41) is 45.0. The molecule has 6 amide bonds. The second-order valence-electron chi connectivity index (χ2n) is 40.0. The van der Waals surface area contributed by atoms with Crippen LogP contribution in [0, 0.1) is 50.4 Å². The van der Waals surface area contributed by atoms with Gasteiger partial charge in [-0.3, -0.25) is 34.1 Å². The third kappa shape index (κ3) is 25.5. The molecule has 0 spiro atoms. The zero-order valence-electron chi connectivity index (χ0n) is 85.2. The van der Waals surface area contributed by atoms with Crippen LogP contribution in [0.3, 0.4) is 0 Å². The summed E-state index contributed by atoms with van der Waals surface area (Å²) >= 11 is 20.2. The number of alkyl carbamates (subject to hydrolysis) is 1. The maximum Gasteiger partial charge on any atom is 0.409 e. The number of ether oxygens (including phenoxy) is 12. The summed E-state index contributed by atoms with van der Waals surface area (Å²) in [7, 11) is 12.5. The molecule has 23 atom stereocenters. The highest BCUT2D eigenvalue weighted by Gasteiger charge is 2.68. The molecule has 3 aromatic rings. The number of aryl methyl sites for hydroxylation is 3. The highest BCUT2D eigenvalue weighted by molar-refractivity contribution is 6.35. The van der Waals surface area contributed by atoms with Gasteiger partial charge in [-0.05, 0) is 160 Å².